The number of hydrogen-bond acceptors (Lipinski definition) is 7. The fourth-order valence-corrected chi connectivity index (χ4v) is 4.96. The van der Waals surface area contributed by atoms with Crippen molar-refractivity contribution in [1.82, 2.24) is 15.3 Å². The molecule has 1 spiro atoms. The first-order valence-corrected chi connectivity index (χ1v) is 10.6. The molecular weight excluding hydrogens is 384 g/mol. The van der Waals surface area contributed by atoms with Crippen LogP contribution >= 0.6 is 0 Å². The number of hydrogen-bond donors (Lipinski definition) is 4. The summed E-state index contributed by atoms with van der Waals surface area (Å²) in [7, 11) is 0. The number of rotatable bonds is 4. The number of fused-ring (bicyclic) bond motifs is 2. The minimum Gasteiger partial charge on any atom is -0.710 e. The highest BCUT2D eigenvalue weighted by Crippen LogP contribution is 2.42. The zero-order valence-corrected chi connectivity index (χ0v) is 16.9. The Labute approximate surface area is 174 Å². The molecule has 30 heavy (non-hydrogen) atoms. The third-order valence-corrected chi connectivity index (χ3v) is 6.53. The molecule has 9 heteroatoms. The topological polar surface area (TPSA) is 126 Å². The molecule has 0 atom stereocenters. The number of aliphatic hydroxyl groups excluding tert-OH is 1. The number of aliphatic hydroxyl groups is 1. The fraction of sp³-hybridized carbons (Fsp3) is 0.524. The number of pyridine rings is 1. The Morgan fingerprint density at radius 3 is 2.67 bits per heavy atom. The van der Waals surface area contributed by atoms with Gasteiger partial charge >= 0.3 is 0 Å². The monoisotopic (exact) mass is 410 g/mol. The van der Waals surface area contributed by atoms with Gasteiger partial charge in [0.1, 0.15) is 23.4 Å². The quantitative estimate of drug-likeness (QED) is 0.449. The summed E-state index contributed by atoms with van der Waals surface area (Å²) >= 11 is 0. The maximum atomic E-state index is 13.4. The molecule has 2 aliphatic carbocycles. The second-order valence-corrected chi connectivity index (χ2v) is 8.71. The van der Waals surface area contributed by atoms with E-state index in [1.54, 1.807) is 12.1 Å². The van der Waals surface area contributed by atoms with E-state index in [4.69, 9.17) is 0 Å². The molecule has 2 aromatic heterocycles. The summed E-state index contributed by atoms with van der Waals surface area (Å²) in [5.41, 5.74) is 1.24. The van der Waals surface area contributed by atoms with Gasteiger partial charge in [0.15, 0.2) is 0 Å². The number of carbonyl (C=O) groups excluding carboxylic acids is 1. The molecule has 1 aliphatic heterocycles. The summed E-state index contributed by atoms with van der Waals surface area (Å²) in [6.45, 7) is 1.86. The van der Waals surface area contributed by atoms with Crippen LogP contribution in [0.1, 0.15) is 66.6 Å². The highest BCUT2D eigenvalue weighted by molar-refractivity contribution is 6.00. The van der Waals surface area contributed by atoms with E-state index in [0.29, 0.717) is 41.6 Å². The van der Waals surface area contributed by atoms with Crippen molar-refractivity contribution in [2.75, 3.05) is 10.6 Å². The number of amides is 1. The van der Waals surface area contributed by atoms with Crippen LogP contribution in [0.15, 0.2) is 18.5 Å². The Kier molecular flexibility index (Phi) is 4.50. The third kappa shape index (κ3) is 3.13. The third-order valence-electron chi connectivity index (χ3n) is 6.53. The smallest absolute Gasteiger partial charge is 0.284 e. The molecule has 0 radical (unpaired) electrons. The average molecular weight is 410 g/mol. The van der Waals surface area contributed by atoms with Gasteiger partial charge in [-0.3, -0.25) is 4.79 Å². The fourth-order valence-electron chi connectivity index (χ4n) is 4.96. The van der Waals surface area contributed by atoms with Gasteiger partial charge in [0.25, 0.3) is 11.7 Å². The van der Waals surface area contributed by atoms with Crippen molar-refractivity contribution in [1.29, 1.82) is 0 Å². The number of aromatic nitrogens is 3. The van der Waals surface area contributed by atoms with Gasteiger partial charge in [0.2, 0.25) is 5.82 Å². The van der Waals surface area contributed by atoms with Crippen LogP contribution in [0.5, 0.6) is 0 Å². The highest BCUT2D eigenvalue weighted by Gasteiger charge is 2.48. The number of aryl methyl sites for hydroxylation is 1. The Morgan fingerprint density at radius 2 is 1.93 bits per heavy atom. The Balaban J connectivity index is 1.46. The molecule has 2 fully saturated rings. The van der Waals surface area contributed by atoms with Crippen molar-refractivity contribution in [3.8, 4) is 0 Å². The highest BCUT2D eigenvalue weighted by atomic mass is 16.5. The first-order chi connectivity index (χ1) is 14.4. The lowest BCUT2D eigenvalue weighted by atomic mass is 9.79. The Bertz CT molecular complexity index is 998. The summed E-state index contributed by atoms with van der Waals surface area (Å²) in [6, 6.07) is 3.63. The van der Waals surface area contributed by atoms with Gasteiger partial charge in [0, 0.05) is 18.2 Å². The van der Waals surface area contributed by atoms with E-state index >= 15 is 0 Å². The molecule has 0 aromatic carbocycles. The van der Waals surface area contributed by atoms with E-state index in [9.17, 15) is 15.1 Å². The van der Waals surface area contributed by atoms with E-state index in [0.717, 1.165) is 42.4 Å². The zero-order valence-electron chi connectivity index (χ0n) is 16.9. The average Bonchev–Trinajstić information content (AvgIpc) is 2.97. The number of nitrogens with one attached hydrogen (secondary N) is 3. The zero-order chi connectivity index (χ0) is 20.9. The van der Waals surface area contributed by atoms with E-state index in [-0.39, 0.29) is 18.1 Å². The number of carbonyl (C=O) groups is 1. The molecular formula is C21H26N6O3. The van der Waals surface area contributed by atoms with Gasteiger partial charge in [-0.05, 0) is 38.2 Å². The number of anilines is 3. The second-order valence-electron chi connectivity index (χ2n) is 8.71. The summed E-state index contributed by atoms with van der Waals surface area (Å²) in [6.07, 6.45) is 7.25. The molecule has 0 bridgehead atoms. The van der Waals surface area contributed by atoms with Crippen molar-refractivity contribution in [2.24, 2.45) is 0 Å². The van der Waals surface area contributed by atoms with Crippen molar-refractivity contribution >= 4 is 23.4 Å². The molecule has 2 aromatic rings. The molecule has 3 aliphatic rings. The maximum Gasteiger partial charge on any atom is 0.284 e. The lowest BCUT2D eigenvalue weighted by Gasteiger charge is -2.34. The lowest BCUT2D eigenvalue weighted by molar-refractivity contribution is -0.603. The van der Waals surface area contributed by atoms with Crippen LogP contribution in [0.4, 0.5) is 17.5 Å². The predicted octanol–water partition coefficient (Wildman–Crippen LogP) is 2.00. The van der Waals surface area contributed by atoms with E-state index in [1.165, 1.54) is 6.33 Å². The molecule has 2 saturated carbocycles. The van der Waals surface area contributed by atoms with Gasteiger partial charge in [-0.2, -0.15) is 4.98 Å². The molecule has 158 valence electrons. The largest absolute Gasteiger partial charge is 0.710 e. The minimum absolute atomic E-state index is 0.156. The SMILES string of the molecule is Cc1cc(Nc2cc(N[C@H]3C[C@@H](O)C3)ncn2)[n+]([O-])c2c1C(=O)NC21CCCCC1. The first kappa shape index (κ1) is 19.0. The van der Waals surface area contributed by atoms with Crippen molar-refractivity contribution < 1.29 is 14.6 Å². The van der Waals surface area contributed by atoms with Gasteiger partial charge in [0.05, 0.1) is 11.7 Å². The normalized spacial score (nSPS) is 24.1. The van der Waals surface area contributed by atoms with E-state index in [2.05, 4.69) is 25.9 Å². The van der Waals surface area contributed by atoms with E-state index < -0.39 is 5.54 Å². The van der Waals surface area contributed by atoms with Crippen LogP contribution in [0.3, 0.4) is 0 Å². The van der Waals surface area contributed by atoms with Crippen LogP contribution in [-0.2, 0) is 5.54 Å². The summed E-state index contributed by atoms with van der Waals surface area (Å²) in [5.74, 6) is 1.32. The predicted molar refractivity (Wildman–Crippen MR) is 110 cm³/mol. The Hall–Kier alpha value is -2.94. The van der Waals surface area contributed by atoms with Gasteiger partial charge in [-0.15, -0.1) is 0 Å². The van der Waals surface area contributed by atoms with Gasteiger partial charge in [-0.1, -0.05) is 19.3 Å². The molecule has 0 unspecified atom stereocenters. The van der Waals surface area contributed by atoms with Crippen molar-refractivity contribution in [3.05, 3.63) is 40.5 Å². The number of nitrogens with zero attached hydrogens (tertiary/aromatic N) is 3. The molecule has 9 nitrogen and oxygen atoms in total. The van der Waals surface area contributed by atoms with Crippen LogP contribution in [0.2, 0.25) is 0 Å². The van der Waals surface area contributed by atoms with E-state index in [1.807, 2.05) is 6.92 Å². The van der Waals surface area contributed by atoms with Crippen LogP contribution in [0.25, 0.3) is 0 Å². The minimum atomic E-state index is -0.571. The summed E-state index contributed by atoms with van der Waals surface area (Å²) < 4.78 is 0.864. The molecule has 0 saturated heterocycles. The van der Waals surface area contributed by atoms with Crippen molar-refractivity contribution in [3.63, 3.8) is 0 Å². The van der Waals surface area contributed by atoms with Crippen LogP contribution in [0, 0.1) is 12.1 Å². The molecule has 4 N–H and O–H groups in total. The van der Waals surface area contributed by atoms with Crippen molar-refractivity contribution in [2.45, 2.75) is 69.6 Å². The van der Waals surface area contributed by atoms with Crippen LogP contribution in [-0.4, -0.2) is 33.1 Å². The van der Waals surface area contributed by atoms with Gasteiger partial charge < -0.3 is 20.9 Å². The van der Waals surface area contributed by atoms with Gasteiger partial charge in [-0.25, -0.2) is 15.0 Å². The molecule has 1 amide bonds. The molecule has 3 heterocycles. The first-order valence-electron chi connectivity index (χ1n) is 10.6. The molecule has 5 rings (SSSR count). The summed E-state index contributed by atoms with van der Waals surface area (Å²) in [5, 5.41) is 32.3. The Morgan fingerprint density at radius 1 is 1.20 bits per heavy atom. The maximum absolute atomic E-state index is 13.4. The standard InChI is InChI=1S/C21H26N6O3/c1-12-7-17(25-16-10-15(22-11-23-16)24-13-8-14(28)9-13)27(30)19-18(12)20(29)26-21(19)5-3-2-4-6-21/h7,10-11,13-14,28H,2-6,8-9H2,1H3,(H,26,29)(H2,22,23,24,25)/t13-,14+. The van der Waals surface area contributed by atoms with Crippen LogP contribution < -0.4 is 20.7 Å². The lowest BCUT2D eigenvalue weighted by Crippen LogP contribution is -2.49. The second kappa shape index (κ2) is 7.09. The summed E-state index contributed by atoms with van der Waals surface area (Å²) in [4.78, 5) is 21.1.